The topological polar surface area (TPSA) is 57.9 Å². The normalized spacial score (nSPS) is 17.8. The molecule has 84 valence electrons. The van der Waals surface area contributed by atoms with Gasteiger partial charge in [0.15, 0.2) is 0 Å². The quantitative estimate of drug-likeness (QED) is 0.778. The molecule has 0 aromatic heterocycles. The van der Waals surface area contributed by atoms with Crippen molar-refractivity contribution in [1.82, 2.24) is 0 Å². The van der Waals surface area contributed by atoms with Crippen molar-refractivity contribution >= 4 is 19.7 Å². The molecular weight excluding hydrogens is 246 g/mol. The van der Waals surface area contributed by atoms with Crippen molar-refractivity contribution in [3.05, 3.63) is 35.4 Å². The standard InChI is InChI=1S/C11H10ClNO2S/c12-16(14,15)11(5-6-11)7-9-1-3-10(8-13)4-2-9/h1-4H,5-7H2. The maximum atomic E-state index is 11.4. The van der Waals surface area contributed by atoms with Crippen LogP contribution in [0.1, 0.15) is 24.0 Å². The molecular formula is C11H10ClNO2S. The second kappa shape index (κ2) is 3.76. The van der Waals surface area contributed by atoms with Crippen molar-refractivity contribution < 1.29 is 8.42 Å². The number of nitrogens with zero attached hydrogens (tertiary/aromatic N) is 1. The average Bonchev–Trinajstić information content (AvgIpc) is 2.99. The molecule has 0 amide bonds. The van der Waals surface area contributed by atoms with Gasteiger partial charge in [-0.2, -0.15) is 5.26 Å². The van der Waals surface area contributed by atoms with E-state index in [-0.39, 0.29) is 0 Å². The molecule has 16 heavy (non-hydrogen) atoms. The maximum absolute atomic E-state index is 11.4. The molecule has 1 aromatic carbocycles. The molecule has 0 heterocycles. The number of hydrogen-bond acceptors (Lipinski definition) is 3. The first-order valence-corrected chi connectivity index (χ1v) is 7.21. The third kappa shape index (κ3) is 2.06. The molecule has 2 rings (SSSR count). The molecule has 1 aromatic rings. The van der Waals surface area contributed by atoms with Crippen LogP contribution in [0.3, 0.4) is 0 Å². The van der Waals surface area contributed by atoms with Gasteiger partial charge in [-0.1, -0.05) is 12.1 Å². The summed E-state index contributed by atoms with van der Waals surface area (Å²) in [4.78, 5) is 0. The van der Waals surface area contributed by atoms with Crippen LogP contribution in [0.4, 0.5) is 0 Å². The lowest BCUT2D eigenvalue weighted by atomic mass is 10.1. The predicted octanol–water partition coefficient (Wildman–Crippen LogP) is 2.20. The lowest BCUT2D eigenvalue weighted by molar-refractivity contribution is 0.590. The number of hydrogen-bond donors (Lipinski definition) is 0. The molecule has 1 aliphatic rings. The zero-order valence-corrected chi connectivity index (χ0v) is 10.1. The molecule has 0 radical (unpaired) electrons. The van der Waals surface area contributed by atoms with E-state index in [0.29, 0.717) is 24.8 Å². The Labute approximate surface area is 99.1 Å². The average molecular weight is 256 g/mol. The number of rotatable bonds is 3. The van der Waals surface area contributed by atoms with Gasteiger partial charge in [-0.25, -0.2) is 8.42 Å². The first-order valence-electron chi connectivity index (χ1n) is 4.90. The number of nitriles is 1. The Bertz CT molecular complexity index is 538. The van der Waals surface area contributed by atoms with E-state index < -0.39 is 13.8 Å². The monoisotopic (exact) mass is 255 g/mol. The summed E-state index contributed by atoms with van der Waals surface area (Å²) in [7, 11) is 1.92. The summed E-state index contributed by atoms with van der Waals surface area (Å²) < 4.78 is 22.0. The van der Waals surface area contributed by atoms with Gasteiger partial charge in [-0.3, -0.25) is 0 Å². The Morgan fingerprint density at radius 1 is 1.31 bits per heavy atom. The van der Waals surface area contributed by atoms with Crippen molar-refractivity contribution in [3.8, 4) is 6.07 Å². The minimum atomic E-state index is -3.50. The number of benzene rings is 1. The lowest BCUT2D eigenvalue weighted by Gasteiger charge is -2.10. The van der Waals surface area contributed by atoms with Crippen LogP contribution in [0.25, 0.3) is 0 Å². The van der Waals surface area contributed by atoms with Gasteiger partial charge in [0.2, 0.25) is 9.05 Å². The second-order valence-electron chi connectivity index (χ2n) is 4.11. The lowest BCUT2D eigenvalue weighted by Crippen LogP contribution is -2.20. The summed E-state index contributed by atoms with van der Waals surface area (Å²) >= 11 is 0. The van der Waals surface area contributed by atoms with Crippen molar-refractivity contribution in [2.24, 2.45) is 0 Å². The maximum Gasteiger partial charge on any atom is 0.238 e. The van der Waals surface area contributed by atoms with E-state index in [1.165, 1.54) is 0 Å². The third-order valence-electron chi connectivity index (χ3n) is 2.93. The van der Waals surface area contributed by atoms with Crippen molar-refractivity contribution in [2.45, 2.75) is 24.0 Å². The van der Waals surface area contributed by atoms with E-state index in [2.05, 4.69) is 0 Å². The van der Waals surface area contributed by atoms with Crippen molar-refractivity contribution in [3.63, 3.8) is 0 Å². The minimum Gasteiger partial charge on any atom is -0.212 e. The van der Waals surface area contributed by atoms with Crippen LogP contribution in [0.15, 0.2) is 24.3 Å². The highest BCUT2D eigenvalue weighted by atomic mass is 35.7. The highest BCUT2D eigenvalue weighted by Gasteiger charge is 2.53. The fourth-order valence-corrected chi connectivity index (χ4v) is 3.27. The zero-order valence-electron chi connectivity index (χ0n) is 8.48. The first-order chi connectivity index (χ1) is 7.47. The van der Waals surface area contributed by atoms with Gasteiger partial charge < -0.3 is 0 Å². The molecule has 0 atom stereocenters. The van der Waals surface area contributed by atoms with E-state index in [0.717, 1.165) is 5.56 Å². The summed E-state index contributed by atoms with van der Waals surface area (Å²) in [5.74, 6) is 0. The van der Waals surface area contributed by atoms with Crippen LogP contribution in [-0.4, -0.2) is 13.2 Å². The molecule has 0 aliphatic heterocycles. The minimum absolute atomic E-state index is 0.435. The summed E-state index contributed by atoms with van der Waals surface area (Å²) in [5.41, 5.74) is 1.48. The predicted molar refractivity (Wildman–Crippen MR) is 61.6 cm³/mol. The van der Waals surface area contributed by atoms with E-state index in [4.69, 9.17) is 15.9 Å². The molecule has 1 aliphatic carbocycles. The highest BCUT2D eigenvalue weighted by Crippen LogP contribution is 2.48. The van der Waals surface area contributed by atoms with Gasteiger partial charge in [-0.05, 0) is 37.0 Å². The van der Waals surface area contributed by atoms with Crippen LogP contribution >= 0.6 is 10.7 Å². The molecule has 0 N–H and O–H groups in total. The van der Waals surface area contributed by atoms with Gasteiger partial charge in [0.05, 0.1) is 16.4 Å². The van der Waals surface area contributed by atoms with Crippen LogP contribution in [0.2, 0.25) is 0 Å². The summed E-state index contributed by atoms with van der Waals surface area (Å²) in [6, 6.07) is 8.95. The molecule has 1 saturated carbocycles. The van der Waals surface area contributed by atoms with Gasteiger partial charge in [0.1, 0.15) is 0 Å². The largest absolute Gasteiger partial charge is 0.238 e. The Morgan fingerprint density at radius 3 is 2.25 bits per heavy atom. The molecule has 0 saturated heterocycles. The van der Waals surface area contributed by atoms with Crippen molar-refractivity contribution in [2.75, 3.05) is 0 Å². The zero-order chi connectivity index (χ0) is 11.8. The van der Waals surface area contributed by atoms with Crippen LogP contribution in [0, 0.1) is 11.3 Å². The Kier molecular flexibility index (Phi) is 2.69. The van der Waals surface area contributed by atoms with E-state index in [9.17, 15) is 8.42 Å². The van der Waals surface area contributed by atoms with Crippen molar-refractivity contribution in [1.29, 1.82) is 5.26 Å². The van der Waals surface area contributed by atoms with Gasteiger partial charge in [0, 0.05) is 10.7 Å². The van der Waals surface area contributed by atoms with Gasteiger partial charge in [-0.15, -0.1) is 0 Å². The summed E-state index contributed by atoms with van der Waals surface area (Å²) in [6.07, 6.45) is 1.68. The molecule has 0 bridgehead atoms. The Balaban J connectivity index is 2.20. The summed E-state index contributed by atoms with van der Waals surface area (Å²) in [5, 5.41) is 8.64. The molecule has 5 heteroatoms. The Morgan fingerprint density at radius 2 is 1.88 bits per heavy atom. The van der Waals surface area contributed by atoms with Gasteiger partial charge >= 0.3 is 0 Å². The molecule has 1 fully saturated rings. The molecule has 3 nitrogen and oxygen atoms in total. The van der Waals surface area contributed by atoms with E-state index in [1.807, 2.05) is 6.07 Å². The molecule has 0 spiro atoms. The second-order valence-corrected chi connectivity index (χ2v) is 7.07. The first kappa shape index (κ1) is 11.4. The van der Waals surface area contributed by atoms with Crippen LogP contribution in [-0.2, 0) is 15.5 Å². The highest BCUT2D eigenvalue weighted by molar-refractivity contribution is 8.15. The van der Waals surface area contributed by atoms with Gasteiger partial charge in [0.25, 0.3) is 0 Å². The van der Waals surface area contributed by atoms with Crippen LogP contribution in [0.5, 0.6) is 0 Å². The van der Waals surface area contributed by atoms with Crippen LogP contribution < -0.4 is 0 Å². The Hall–Kier alpha value is -1.05. The SMILES string of the molecule is N#Cc1ccc(CC2(S(=O)(=O)Cl)CC2)cc1. The summed E-state index contributed by atoms with van der Waals surface area (Å²) in [6.45, 7) is 0. The fourth-order valence-electron chi connectivity index (χ4n) is 1.72. The third-order valence-corrected chi connectivity index (χ3v) is 5.50. The molecule has 0 unspecified atom stereocenters. The number of halogens is 1. The van der Waals surface area contributed by atoms with E-state index >= 15 is 0 Å². The smallest absolute Gasteiger partial charge is 0.212 e. The van der Waals surface area contributed by atoms with E-state index in [1.54, 1.807) is 24.3 Å². The fraction of sp³-hybridized carbons (Fsp3) is 0.364.